The molecule has 0 aromatic carbocycles. The Morgan fingerprint density at radius 1 is 1.29 bits per heavy atom. The van der Waals surface area contributed by atoms with Gasteiger partial charge >= 0.3 is 0 Å². The van der Waals surface area contributed by atoms with Crippen molar-refractivity contribution in [3.8, 4) is 0 Å². The molecule has 0 saturated carbocycles. The van der Waals surface area contributed by atoms with Crippen molar-refractivity contribution < 1.29 is 4.79 Å². The van der Waals surface area contributed by atoms with Gasteiger partial charge in [-0.2, -0.15) is 5.10 Å². The van der Waals surface area contributed by atoms with Crippen LogP contribution in [0.2, 0.25) is 0 Å². The van der Waals surface area contributed by atoms with Crippen LogP contribution in [0.4, 0.5) is 5.69 Å². The highest BCUT2D eigenvalue weighted by atomic mass is 127. The number of guanidine groups is 1. The fourth-order valence-corrected chi connectivity index (χ4v) is 1.91. The van der Waals surface area contributed by atoms with Gasteiger partial charge in [0.15, 0.2) is 5.96 Å². The van der Waals surface area contributed by atoms with Crippen molar-refractivity contribution in [3.05, 3.63) is 43.0 Å². The zero-order valence-electron chi connectivity index (χ0n) is 13.5. The summed E-state index contributed by atoms with van der Waals surface area (Å²) in [5, 5.41) is 13.0. The van der Waals surface area contributed by atoms with Crippen molar-refractivity contribution in [2.75, 3.05) is 25.5 Å². The molecule has 0 spiro atoms. The summed E-state index contributed by atoms with van der Waals surface area (Å²) in [7, 11) is 1.67. The first-order valence-electron chi connectivity index (χ1n) is 7.40. The van der Waals surface area contributed by atoms with Crippen LogP contribution in [0.3, 0.4) is 0 Å². The van der Waals surface area contributed by atoms with E-state index in [1.165, 1.54) is 0 Å². The van der Waals surface area contributed by atoms with Gasteiger partial charge in [0, 0.05) is 38.7 Å². The van der Waals surface area contributed by atoms with Gasteiger partial charge < -0.3 is 16.0 Å². The Morgan fingerprint density at radius 2 is 2.17 bits per heavy atom. The van der Waals surface area contributed by atoms with Gasteiger partial charge in [-0.15, -0.1) is 24.0 Å². The Bertz CT molecular complexity index is 616. The Kier molecular flexibility index (Phi) is 9.42. The van der Waals surface area contributed by atoms with Crippen LogP contribution in [0.1, 0.15) is 6.42 Å². The summed E-state index contributed by atoms with van der Waals surface area (Å²) in [6.45, 7) is 1.70. The molecule has 0 aliphatic heterocycles. The number of hydrogen-bond acceptors (Lipinski definition) is 4. The van der Waals surface area contributed by atoms with Crippen molar-refractivity contribution in [2.24, 2.45) is 4.99 Å². The lowest BCUT2D eigenvalue weighted by molar-refractivity contribution is -0.115. The summed E-state index contributed by atoms with van der Waals surface area (Å²) in [5.41, 5.74) is 0.668. The normalized spacial score (nSPS) is 10.6. The fraction of sp³-hybridized carbons (Fsp3) is 0.333. The second-order valence-corrected chi connectivity index (χ2v) is 4.77. The molecule has 3 N–H and O–H groups in total. The number of nitrogens with one attached hydrogen (secondary N) is 3. The Labute approximate surface area is 158 Å². The van der Waals surface area contributed by atoms with Crippen molar-refractivity contribution in [3.63, 3.8) is 0 Å². The van der Waals surface area contributed by atoms with E-state index in [1.54, 1.807) is 37.8 Å². The van der Waals surface area contributed by atoms with Crippen LogP contribution in [0.15, 0.2) is 48.0 Å². The Balaban J connectivity index is 0.00000288. The van der Waals surface area contributed by atoms with E-state index < -0.39 is 0 Å². The number of carbonyl (C=O) groups excluding carboxylic acids is 1. The molecule has 9 heteroatoms. The lowest BCUT2D eigenvalue weighted by Gasteiger charge is -2.12. The number of pyridine rings is 1. The number of hydrogen-bond donors (Lipinski definition) is 3. The van der Waals surface area contributed by atoms with E-state index >= 15 is 0 Å². The summed E-state index contributed by atoms with van der Waals surface area (Å²) in [4.78, 5) is 19.8. The van der Waals surface area contributed by atoms with Gasteiger partial charge in [-0.25, -0.2) is 0 Å². The SMILES string of the molecule is CN=C(NCCCn1cccn1)NCC(=O)Nc1cccnc1.I. The molecule has 2 heterocycles. The number of amides is 1. The van der Waals surface area contributed by atoms with Crippen molar-refractivity contribution >= 4 is 41.5 Å². The van der Waals surface area contributed by atoms with Crippen LogP contribution >= 0.6 is 24.0 Å². The molecule has 0 fully saturated rings. The molecule has 1 amide bonds. The van der Waals surface area contributed by atoms with Crippen LogP contribution in [0, 0.1) is 0 Å². The fourth-order valence-electron chi connectivity index (χ4n) is 1.91. The molecular formula is C15H22IN7O. The molecule has 0 bridgehead atoms. The average Bonchev–Trinajstić information content (AvgIpc) is 3.08. The number of aliphatic imine (C=N–C) groups is 1. The van der Waals surface area contributed by atoms with Gasteiger partial charge in [0.25, 0.3) is 0 Å². The van der Waals surface area contributed by atoms with Gasteiger partial charge in [0.2, 0.25) is 5.91 Å². The van der Waals surface area contributed by atoms with E-state index in [9.17, 15) is 4.79 Å². The monoisotopic (exact) mass is 443 g/mol. The highest BCUT2D eigenvalue weighted by Crippen LogP contribution is 2.01. The molecule has 0 aliphatic rings. The molecule has 8 nitrogen and oxygen atoms in total. The first-order valence-corrected chi connectivity index (χ1v) is 7.40. The predicted molar refractivity (Wildman–Crippen MR) is 104 cm³/mol. The van der Waals surface area contributed by atoms with Gasteiger partial charge in [0.05, 0.1) is 18.4 Å². The maximum Gasteiger partial charge on any atom is 0.243 e. The number of nitrogens with zero attached hydrogens (tertiary/aromatic N) is 4. The maximum atomic E-state index is 11.8. The molecule has 130 valence electrons. The molecule has 0 aliphatic carbocycles. The molecule has 0 unspecified atom stereocenters. The van der Waals surface area contributed by atoms with Crippen molar-refractivity contribution in [1.29, 1.82) is 0 Å². The zero-order valence-corrected chi connectivity index (χ0v) is 15.8. The number of anilines is 1. The lowest BCUT2D eigenvalue weighted by Crippen LogP contribution is -2.41. The average molecular weight is 443 g/mol. The van der Waals surface area contributed by atoms with Crippen LogP contribution in [0.5, 0.6) is 0 Å². The Morgan fingerprint density at radius 3 is 2.83 bits per heavy atom. The molecule has 0 radical (unpaired) electrons. The number of rotatable bonds is 7. The first kappa shape index (κ1) is 19.9. The minimum atomic E-state index is -0.155. The molecule has 2 aromatic rings. The van der Waals surface area contributed by atoms with E-state index in [4.69, 9.17) is 0 Å². The van der Waals surface area contributed by atoms with Crippen LogP contribution < -0.4 is 16.0 Å². The number of carbonyl (C=O) groups is 1. The third-order valence-electron chi connectivity index (χ3n) is 3.00. The number of aromatic nitrogens is 3. The molecule has 0 saturated heterocycles. The van der Waals surface area contributed by atoms with E-state index in [-0.39, 0.29) is 36.4 Å². The molecular weight excluding hydrogens is 421 g/mol. The first-order chi connectivity index (χ1) is 11.3. The second-order valence-electron chi connectivity index (χ2n) is 4.77. The maximum absolute atomic E-state index is 11.8. The largest absolute Gasteiger partial charge is 0.356 e. The quantitative estimate of drug-likeness (QED) is 0.258. The second kappa shape index (κ2) is 11.4. The highest BCUT2D eigenvalue weighted by Gasteiger charge is 2.04. The van der Waals surface area contributed by atoms with Crippen LogP contribution in [0.25, 0.3) is 0 Å². The topological polar surface area (TPSA) is 96.2 Å². The summed E-state index contributed by atoms with van der Waals surface area (Å²) in [5.74, 6) is 0.435. The zero-order chi connectivity index (χ0) is 16.3. The van der Waals surface area contributed by atoms with Crippen molar-refractivity contribution in [1.82, 2.24) is 25.4 Å². The molecule has 0 atom stereocenters. The number of aryl methyl sites for hydroxylation is 1. The standard InChI is InChI=1S/C15H21N7O.HI/c1-16-15(18-7-3-9-22-10-4-8-20-22)19-12-14(23)21-13-5-2-6-17-11-13;/h2,4-6,8,10-11H,3,7,9,12H2,1H3,(H,21,23)(H2,16,18,19);1H. The van der Waals surface area contributed by atoms with Crippen molar-refractivity contribution in [2.45, 2.75) is 13.0 Å². The van der Waals surface area contributed by atoms with E-state index in [1.807, 2.05) is 16.9 Å². The van der Waals surface area contributed by atoms with E-state index in [0.29, 0.717) is 11.6 Å². The molecule has 24 heavy (non-hydrogen) atoms. The Hall–Kier alpha value is -2.17. The summed E-state index contributed by atoms with van der Waals surface area (Å²) in [6, 6.07) is 5.45. The molecule has 2 rings (SSSR count). The van der Waals surface area contributed by atoms with Crippen LogP contribution in [-0.4, -0.2) is 46.8 Å². The third-order valence-corrected chi connectivity index (χ3v) is 3.00. The minimum Gasteiger partial charge on any atom is -0.356 e. The number of halogens is 1. The van der Waals surface area contributed by atoms with E-state index in [0.717, 1.165) is 19.5 Å². The highest BCUT2D eigenvalue weighted by molar-refractivity contribution is 14.0. The van der Waals surface area contributed by atoms with Crippen LogP contribution in [-0.2, 0) is 11.3 Å². The minimum absolute atomic E-state index is 0. The van der Waals surface area contributed by atoms with Gasteiger partial charge in [-0.05, 0) is 24.6 Å². The van der Waals surface area contributed by atoms with Gasteiger partial charge in [0.1, 0.15) is 0 Å². The summed E-state index contributed by atoms with van der Waals surface area (Å²) >= 11 is 0. The summed E-state index contributed by atoms with van der Waals surface area (Å²) < 4.78 is 1.87. The third kappa shape index (κ3) is 7.40. The van der Waals surface area contributed by atoms with Gasteiger partial charge in [-0.3, -0.25) is 19.5 Å². The smallest absolute Gasteiger partial charge is 0.243 e. The molecule has 2 aromatic heterocycles. The van der Waals surface area contributed by atoms with E-state index in [2.05, 4.69) is 31.0 Å². The predicted octanol–water partition coefficient (Wildman–Crippen LogP) is 1.09. The van der Waals surface area contributed by atoms with Gasteiger partial charge in [-0.1, -0.05) is 0 Å². The lowest BCUT2D eigenvalue weighted by atomic mass is 10.4. The summed E-state index contributed by atoms with van der Waals surface area (Å²) in [6.07, 6.45) is 7.85.